The molecule has 0 unspecified atom stereocenters. The van der Waals surface area contributed by atoms with Gasteiger partial charge in [-0.3, -0.25) is 5.01 Å². The fraction of sp³-hybridized carbons (Fsp3) is 0.150. The predicted molar refractivity (Wildman–Crippen MR) is 103 cm³/mol. The summed E-state index contributed by atoms with van der Waals surface area (Å²) in [6.45, 7) is 1.88. The average molecular weight is 348 g/mol. The van der Waals surface area contributed by atoms with Gasteiger partial charge in [0.1, 0.15) is 11.5 Å². The Hall–Kier alpha value is -3.41. The van der Waals surface area contributed by atoms with Crippen LogP contribution in [0.3, 0.4) is 0 Å². The third kappa shape index (κ3) is 3.80. The number of hydrazone groups is 1. The van der Waals surface area contributed by atoms with Crippen molar-refractivity contribution in [1.82, 2.24) is 9.97 Å². The van der Waals surface area contributed by atoms with E-state index >= 15 is 0 Å². The van der Waals surface area contributed by atoms with Crippen LogP contribution in [0.25, 0.3) is 11.4 Å². The van der Waals surface area contributed by atoms with Crippen molar-refractivity contribution in [2.24, 2.45) is 5.10 Å². The summed E-state index contributed by atoms with van der Waals surface area (Å²) in [7, 11) is 3.44. The van der Waals surface area contributed by atoms with Gasteiger partial charge in [0.05, 0.1) is 18.9 Å². The minimum atomic E-state index is 0.143. The molecule has 0 saturated heterocycles. The summed E-state index contributed by atoms with van der Waals surface area (Å²) in [5.74, 6) is 1.97. The lowest BCUT2D eigenvalue weighted by atomic mass is 10.2. The van der Waals surface area contributed by atoms with Crippen LogP contribution in [0.2, 0.25) is 0 Å². The maximum atomic E-state index is 10.1. The van der Waals surface area contributed by atoms with Crippen molar-refractivity contribution in [3.05, 3.63) is 65.9 Å². The molecule has 0 aliphatic heterocycles. The molecule has 0 saturated carbocycles. The molecule has 0 amide bonds. The van der Waals surface area contributed by atoms with E-state index < -0.39 is 0 Å². The number of rotatable bonds is 5. The highest BCUT2D eigenvalue weighted by atomic mass is 16.5. The molecule has 1 heterocycles. The van der Waals surface area contributed by atoms with Crippen LogP contribution >= 0.6 is 0 Å². The maximum Gasteiger partial charge on any atom is 0.165 e. The van der Waals surface area contributed by atoms with Crippen molar-refractivity contribution >= 4 is 12.0 Å². The van der Waals surface area contributed by atoms with Gasteiger partial charge in [-0.05, 0) is 31.2 Å². The number of para-hydroxylation sites is 2. The van der Waals surface area contributed by atoms with Crippen molar-refractivity contribution in [2.75, 3.05) is 19.2 Å². The number of phenols is 1. The standard InChI is InChI=1S/C20H20N4O2/c1-14-12-19(23-20(22-14)16-9-5-6-10-17(16)25)24(2)21-13-15-8-4-7-11-18(15)26-3/h4-13,25H,1-3H3/b21-13+. The van der Waals surface area contributed by atoms with Crippen LogP contribution in [0.5, 0.6) is 11.5 Å². The van der Waals surface area contributed by atoms with E-state index in [1.807, 2.05) is 50.4 Å². The van der Waals surface area contributed by atoms with Crippen molar-refractivity contribution < 1.29 is 9.84 Å². The van der Waals surface area contributed by atoms with Gasteiger partial charge in [-0.2, -0.15) is 5.10 Å². The number of aromatic hydroxyl groups is 1. The van der Waals surface area contributed by atoms with E-state index in [2.05, 4.69) is 15.1 Å². The molecule has 0 spiro atoms. The number of nitrogens with zero attached hydrogens (tertiary/aromatic N) is 4. The first-order valence-corrected chi connectivity index (χ1v) is 8.13. The molecular weight excluding hydrogens is 328 g/mol. The number of hydrogen-bond donors (Lipinski definition) is 1. The molecule has 1 aromatic heterocycles. The van der Waals surface area contributed by atoms with Gasteiger partial charge in [-0.25, -0.2) is 9.97 Å². The highest BCUT2D eigenvalue weighted by molar-refractivity contribution is 5.84. The highest BCUT2D eigenvalue weighted by Crippen LogP contribution is 2.27. The van der Waals surface area contributed by atoms with Crippen molar-refractivity contribution in [3.8, 4) is 22.9 Å². The number of hydrogen-bond acceptors (Lipinski definition) is 6. The Bertz CT molecular complexity index is 941. The van der Waals surface area contributed by atoms with E-state index in [9.17, 15) is 5.11 Å². The van der Waals surface area contributed by atoms with Crippen LogP contribution < -0.4 is 9.75 Å². The van der Waals surface area contributed by atoms with Crippen LogP contribution in [0.15, 0.2) is 59.7 Å². The summed E-state index contributed by atoms with van der Waals surface area (Å²) in [4.78, 5) is 8.95. The van der Waals surface area contributed by atoms with Gasteiger partial charge in [0, 0.05) is 24.4 Å². The quantitative estimate of drug-likeness (QED) is 0.563. The number of phenolic OH excluding ortho intramolecular Hbond substituents is 1. The first-order valence-electron chi connectivity index (χ1n) is 8.13. The molecule has 1 N–H and O–H groups in total. The fourth-order valence-corrected chi connectivity index (χ4v) is 2.48. The topological polar surface area (TPSA) is 70.8 Å². The second-order valence-corrected chi connectivity index (χ2v) is 5.72. The van der Waals surface area contributed by atoms with E-state index in [1.165, 1.54) is 0 Å². The van der Waals surface area contributed by atoms with Crippen LogP contribution in [0, 0.1) is 6.92 Å². The Morgan fingerprint density at radius 3 is 2.58 bits per heavy atom. The first-order chi connectivity index (χ1) is 12.6. The molecular formula is C20H20N4O2. The molecule has 0 bridgehead atoms. The van der Waals surface area contributed by atoms with Gasteiger partial charge >= 0.3 is 0 Å². The number of benzene rings is 2. The number of ether oxygens (including phenoxy) is 1. The molecule has 6 heteroatoms. The summed E-state index contributed by atoms with van der Waals surface area (Å²) in [6.07, 6.45) is 1.72. The summed E-state index contributed by atoms with van der Waals surface area (Å²) < 4.78 is 5.33. The van der Waals surface area contributed by atoms with Gasteiger partial charge in [-0.1, -0.05) is 24.3 Å². The van der Waals surface area contributed by atoms with Gasteiger partial charge < -0.3 is 9.84 Å². The van der Waals surface area contributed by atoms with Gasteiger partial charge in [0.25, 0.3) is 0 Å². The Labute approximate surface area is 152 Å². The maximum absolute atomic E-state index is 10.1. The summed E-state index contributed by atoms with van der Waals surface area (Å²) >= 11 is 0. The van der Waals surface area contributed by atoms with Crippen molar-refractivity contribution in [3.63, 3.8) is 0 Å². The molecule has 26 heavy (non-hydrogen) atoms. The minimum absolute atomic E-state index is 0.143. The van der Waals surface area contributed by atoms with Crippen LogP contribution in [-0.2, 0) is 0 Å². The second kappa shape index (κ2) is 7.65. The van der Waals surface area contributed by atoms with E-state index in [0.29, 0.717) is 17.2 Å². The number of aromatic nitrogens is 2. The molecule has 6 nitrogen and oxygen atoms in total. The molecule has 3 rings (SSSR count). The lowest BCUT2D eigenvalue weighted by molar-refractivity contribution is 0.414. The Kier molecular flexibility index (Phi) is 5.12. The zero-order valence-electron chi connectivity index (χ0n) is 14.9. The fourth-order valence-electron chi connectivity index (χ4n) is 2.48. The molecule has 3 aromatic rings. The van der Waals surface area contributed by atoms with Crippen LogP contribution in [0.1, 0.15) is 11.3 Å². The molecule has 0 fully saturated rings. The zero-order valence-corrected chi connectivity index (χ0v) is 14.9. The monoisotopic (exact) mass is 348 g/mol. The molecule has 0 aliphatic carbocycles. The second-order valence-electron chi connectivity index (χ2n) is 5.72. The SMILES string of the molecule is COc1ccccc1/C=N/N(C)c1cc(C)nc(-c2ccccc2O)n1. The smallest absolute Gasteiger partial charge is 0.165 e. The third-order valence-corrected chi connectivity index (χ3v) is 3.83. The lowest BCUT2D eigenvalue weighted by Crippen LogP contribution is -2.12. The summed E-state index contributed by atoms with van der Waals surface area (Å²) in [6, 6.07) is 16.5. The van der Waals surface area contributed by atoms with Crippen molar-refractivity contribution in [1.29, 1.82) is 0 Å². The molecule has 0 aliphatic rings. The minimum Gasteiger partial charge on any atom is -0.507 e. The number of aryl methyl sites for hydroxylation is 1. The largest absolute Gasteiger partial charge is 0.507 e. The molecule has 0 atom stereocenters. The van der Waals surface area contributed by atoms with Gasteiger partial charge in [0.15, 0.2) is 11.6 Å². The Morgan fingerprint density at radius 2 is 1.81 bits per heavy atom. The normalized spacial score (nSPS) is 10.9. The number of methoxy groups -OCH3 is 1. The van der Waals surface area contributed by atoms with E-state index in [0.717, 1.165) is 17.0 Å². The van der Waals surface area contributed by atoms with Gasteiger partial charge in [0.2, 0.25) is 0 Å². The first kappa shape index (κ1) is 17.4. The number of anilines is 1. The average Bonchev–Trinajstić information content (AvgIpc) is 2.66. The van der Waals surface area contributed by atoms with Crippen LogP contribution in [0.4, 0.5) is 5.82 Å². The summed E-state index contributed by atoms with van der Waals surface area (Å²) in [5.41, 5.74) is 2.24. The Morgan fingerprint density at radius 1 is 1.08 bits per heavy atom. The predicted octanol–water partition coefficient (Wildman–Crippen LogP) is 3.64. The van der Waals surface area contributed by atoms with Gasteiger partial charge in [-0.15, -0.1) is 0 Å². The highest BCUT2D eigenvalue weighted by Gasteiger charge is 2.11. The van der Waals surface area contributed by atoms with Crippen molar-refractivity contribution in [2.45, 2.75) is 6.92 Å². The van der Waals surface area contributed by atoms with E-state index in [-0.39, 0.29) is 5.75 Å². The van der Waals surface area contributed by atoms with E-state index in [1.54, 1.807) is 36.5 Å². The molecule has 0 radical (unpaired) electrons. The van der Waals surface area contributed by atoms with Crippen LogP contribution in [-0.4, -0.2) is 35.4 Å². The third-order valence-electron chi connectivity index (χ3n) is 3.83. The molecule has 2 aromatic carbocycles. The Balaban J connectivity index is 1.92. The summed E-state index contributed by atoms with van der Waals surface area (Å²) in [5, 5.41) is 16.2. The van der Waals surface area contributed by atoms with E-state index in [4.69, 9.17) is 4.74 Å². The molecule has 132 valence electrons. The lowest BCUT2D eigenvalue weighted by Gasteiger charge is -2.14. The zero-order chi connectivity index (χ0) is 18.5.